The van der Waals surface area contributed by atoms with Crippen molar-refractivity contribution in [3.05, 3.63) is 76.3 Å². The number of aromatic nitrogens is 1. The Morgan fingerprint density at radius 3 is 2.33 bits per heavy atom. The molecule has 5 rings (SSSR count). The molecule has 3 aromatic carbocycles. The Balaban J connectivity index is 1.77. The van der Waals surface area contributed by atoms with E-state index < -0.39 is 11.7 Å². The minimum Gasteiger partial charge on any atom is -0.235 e. The van der Waals surface area contributed by atoms with Crippen LogP contribution in [0, 0.1) is 0 Å². The van der Waals surface area contributed by atoms with Crippen LogP contribution in [0.4, 0.5) is 13.2 Å². The van der Waals surface area contributed by atoms with Gasteiger partial charge >= 0.3 is 6.18 Å². The van der Waals surface area contributed by atoms with Crippen LogP contribution < -0.4 is 0 Å². The van der Waals surface area contributed by atoms with Gasteiger partial charge in [-0.15, -0.1) is 11.3 Å². The first kappa shape index (κ1) is 19.9. The number of fused-ring (bicyclic) bond motifs is 5. The molecule has 0 saturated carbocycles. The van der Waals surface area contributed by atoms with Crippen molar-refractivity contribution < 1.29 is 13.2 Å². The molecule has 4 aromatic rings. The fourth-order valence-electron chi connectivity index (χ4n) is 3.30. The molecule has 0 N–H and O–H groups in total. The van der Waals surface area contributed by atoms with Crippen LogP contribution >= 0.6 is 46.3 Å². The standard InChI is InChI=1S/C22H10Cl2F3NS2/c23-12-6-8-13(16(24)10-12)21-28-19-14-7-5-11(22(25,26)27)9-18(14)29-17-4-2-1-3-15(17)20(19)30-21/h1-10H. The van der Waals surface area contributed by atoms with E-state index in [0.717, 1.165) is 27.0 Å². The molecular formula is C22H10Cl2F3NS2. The third kappa shape index (κ3) is 3.42. The van der Waals surface area contributed by atoms with Gasteiger partial charge in [-0.3, -0.25) is 0 Å². The van der Waals surface area contributed by atoms with E-state index >= 15 is 0 Å². The molecule has 1 aromatic heterocycles. The third-order valence-corrected chi connectivity index (χ3v) is 7.51. The molecular weight excluding hydrogens is 470 g/mol. The molecule has 0 fully saturated rings. The van der Waals surface area contributed by atoms with Crippen molar-refractivity contribution >= 4 is 46.3 Å². The second kappa shape index (κ2) is 7.31. The summed E-state index contributed by atoms with van der Waals surface area (Å²) in [5.74, 6) is 0. The fraction of sp³-hybridized carbons (Fsp3) is 0.0455. The zero-order valence-corrected chi connectivity index (χ0v) is 18.1. The molecule has 0 amide bonds. The quantitative estimate of drug-likeness (QED) is 0.238. The number of alkyl halides is 3. The summed E-state index contributed by atoms with van der Waals surface area (Å²) in [5.41, 5.74) is 2.33. The maximum absolute atomic E-state index is 13.3. The van der Waals surface area contributed by atoms with Crippen molar-refractivity contribution in [2.75, 3.05) is 0 Å². The summed E-state index contributed by atoms with van der Waals surface area (Å²) in [5, 5.41) is 1.68. The van der Waals surface area contributed by atoms with Gasteiger partial charge in [-0.2, -0.15) is 13.2 Å². The van der Waals surface area contributed by atoms with Crippen molar-refractivity contribution in [1.29, 1.82) is 0 Å². The summed E-state index contributed by atoms with van der Waals surface area (Å²) in [6, 6.07) is 16.7. The lowest BCUT2D eigenvalue weighted by Crippen LogP contribution is -2.04. The van der Waals surface area contributed by atoms with Crippen molar-refractivity contribution in [2.45, 2.75) is 16.0 Å². The zero-order valence-electron chi connectivity index (χ0n) is 14.9. The molecule has 1 aliphatic heterocycles. The molecule has 0 radical (unpaired) electrons. The Kier molecular flexibility index (Phi) is 4.86. The lowest BCUT2D eigenvalue weighted by molar-refractivity contribution is -0.137. The van der Waals surface area contributed by atoms with Gasteiger partial charge in [0.25, 0.3) is 0 Å². The molecule has 8 heteroatoms. The first-order valence-corrected chi connectivity index (χ1v) is 11.2. The second-order valence-electron chi connectivity index (χ2n) is 6.63. The smallest absolute Gasteiger partial charge is 0.235 e. The van der Waals surface area contributed by atoms with E-state index in [0.29, 0.717) is 31.2 Å². The van der Waals surface area contributed by atoms with Gasteiger partial charge in [0.1, 0.15) is 5.01 Å². The summed E-state index contributed by atoms with van der Waals surface area (Å²) in [6.07, 6.45) is -4.41. The summed E-state index contributed by atoms with van der Waals surface area (Å²) >= 11 is 15.2. The Morgan fingerprint density at radius 2 is 1.57 bits per heavy atom. The van der Waals surface area contributed by atoms with Crippen molar-refractivity contribution in [3.8, 4) is 32.3 Å². The molecule has 30 heavy (non-hydrogen) atoms. The predicted molar refractivity (Wildman–Crippen MR) is 118 cm³/mol. The lowest BCUT2D eigenvalue weighted by Gasteiger charge is -2.11. The Labute approximate surface area is 188 Å². The van der Waals surface area contributed by atoms with E-state index in [9.17, 15) is 13.2 Å². The van der Waals surface area contributed by atoms with Gasteiger partial charge < -0.3 is 0 Å². The number of hydrogen-bond donors (Lipinski definition) is 0. The van der Waals surface area contributed by atoms with Crippen LogP contribution in [-0.2, 0) is 6.18 Å². The predicted octanol–water partition coefficient (Wildman–Crippen LogP) is 8.93. The maximum Gasteiger partial charge on any atom is 0.416 e. The summed E-state index contributed by atoms with van der Waals surface area (Å²) in [6.45, 7) is 0. The van der Waals surface area contributed by atoms with Crippen LogP contribution in [0.15, 0.2) is 70.5 Å². The normalized spacial score (nSPS) is 12.7. The topological polar surface area (TPSA) is 12.9 Å². The van der Waals surface area contributed by atoms with Gasteiger partial charge in [0.05, 0.1) is 21.2 Å². The molecule has 0 unspecified atom stereocenters. The van der Waals surface area contributed by atoms with Gasteiger partial charge in [0.15, 0.2) is 0 Å². The highest BCUT2D eigenvalue weighted by molar-refractivity contribution is 7.99. The minimum atomic E-state index is -4.41. The SMILES string of the molecule is FC(F)(F)c1ccc2c(c1)Sc1ccccc1-c1sc(-c3ccc(Cl)cc3Cl)nc1-2. The Bertz CT molecular complexity index is 1300. The van der Waals surface area contributed by atoms with E-state index in [2.05, 4.69) is 0 Å². The van der Waals surface area contributed by atoms with Crippen LogP contribution in [-0.4, -0.2) is 4.98 Å². The zero-order chi connectivity index (χ0) is 21.0. The number of nitrogens with zero attached hydrogens (tertiary/aromatic N) is 1. The number of benzene rings is 3. The van der Waals surface area contributed by atoms with Crippen LogP contribution in [0.1, 0.15) is 5.56 Å². The van der Waals surface area contributed by atoms with E-state index in [1.807, 2.05) is 24.3 Å². The first-order chi connectivity index (χ1) is 14.3. The maximum atomic E-state index is 13.3. The highest BCUT2D eigenvalue weighted by Gasteiger charge is 2.33. The minimum absolute atomic E-state index is 0.474. The first-order valence-electron chi connectivity index (χ1n) is 8.76. The number of halogens is 5. The fourth-order valence-corrected chi connectivity index (χ4v) is 6.21. The third-order valence-electron chi connectivity index (χ3n) is 4.70. The molecule has 0 aliphatic carbocycles. The van der Waals surface area contributed by atoms with Gasteiger partial charge in [-0.25, -0.2) is 4.98 Å². The van der Waals surface area contributed by atoms with Gasteiger partial charge in [0.2, 0.25) is 0 Å². The molecule has 0 atom stereocenters. The lowest BCUT2D eigenvalue weighted by atomic mass is 10.0. The van der Waals surface area contributed by atoms with E-state index in [1.165, 1.54) is 35.2 Å². The van der Waals surface area contributed by atoms with Crippen molar-refractivity contribution in [3.63, 3.8) is 0 Å². The van der Waals surface area contributed by atoms with Crippen LogP contribution in [0.25, 0.3) is 32.3 Å². The molecule has 0 saturated heterocycles. The molecule has 1 nitrogen and oxygen atoms in total. The molecule has 150 valence electrons. The molecule has 0 spiro atoms. The Hall–Kier alpha value is -1.99. The van der Waals surface area contributed by atoms with E-state index in [4.69, 9.17) is 28.2 Å². The van der Waals surface area contributed by atoms with E-state index in [-0.39, 0.29) is 0 Å². The summed E-state index contributed by atoms with van der Waals surface area (Å²) < 4.78 is 39.9. The molecule has 1 aliphatic rings. The van der Waals surface area contributed by atoms with Crippen LogP contribution in [0.5, 0.6) is 0 Å². The molecule has 0 bridgehead atoms. The highest BCUT2D eigenvalue weighted by Crippen LogP contribution is 2.52. The van der Waals surface area contributed by atoms with Gasteiger partial charge in [-0.05, 0) is 36.4 Å². The number of hydrogen-bond acceptors (Lipinski definition) is 3. The highest BCUT2D eigenvalue weighted by atomic mass is 35.5. The van der Waals surface area contributed by atoms with Gasteiger partial charge in [-0.1, -0.05) is 59.2 Å². The average molecular weight is 480 g/mol. The largest absolute Gasteiger partial charge is 0.416 e. The second-order valence-corrected chi connectivity index (χ2v) is 9.55. The number of rotatable bonds is 1. The Morgan fingerprint density at radius 1 is 0.800 bits per heavy atom. The molecule has 2 heterocycles. The number of thiazole rings is 1. The summed E-state index contributed by atoms with van der Waals surface area (Å²) in [7, 11) is 0. The van der Waals surface area contributed by atoms with Gasteiger partial charge in [0, 0.05) is 31.5 Å². The monoisotopic (exact) mass is 479 g/mol. The van der Waals surface area contributed by atoms with Crippen LogP contribution in [0.3, 0.4) is 0 Å². The van der Waals surface area contributed by atoms with Crippen molar-refractivity contribution in [1.82, 2.24) is 4.98 Å². The van der Waals surface area contributed by atoms with Crippen molar-refractivity contribution in [2.24, 2.45) is 0 Å². The van der Waals surface area contributed by atoms with Crippen LogP contribution in [0.2, 0.25) is 10.0 Å². The van der Waals surface area contributed by atoms with E-state index in [1.54, 1.807) is 18.2 Å². The summed E-state index contributed by atoms with van der Waals surface area (Å²) in [4.78, 5) is 7.11. The average Bonchev–Trinajstić information content (AvgIpc) is 3.07.